The molecule has 0 spiro atoms. The van der Waals surface area contributed by atoms with E-state index in [9.17, 15) is 48.7 Å². The van der Waals surface area contributed by atoms with Gasteiger partial charge in [0.1, 0.15) is 5.82 Å². The van der Waals surface area contributed by atoms with Crippen LogP contribution in [0.25, 0.3) is 0 Å². The molecule has 0 radical (unpaired) electrons. The number of carbonyl (C=O) groups excluding carboxylic acids is 1. The van der Waals surface area contributed by atoms with Crippen molar-refractivity contribution in [3.8, 4) is 0 Å². The zero-order valence-corrected chi connectivity index (χ0v) is 21.9. The van der Waals surface area contributed by atoms with Crippen LogP contribution in [0.2, 0.25) is 0 Å². The molecule has 43 heavy (non-hydrogen) atoms. The summed E-state index contributed by atoms with van der Waals surface area (Å²) in [6, 6.07) is 16.9. The van der Waals surface area contributed by atoms with Crippen LogP contribution in [0.15, 0.2) is 78.9 Å². The summed E-state index contributed by atoms with van der Waals surface area (Å²) in [6.07, 6.45) is -19.1. The van der Waals surface area contributed by atoms with Crippen LogP contribution in [0.1, 0.15) is 28.2 Å². The highest BCUT2D eigenvalue weighted by Gasteiger charge is 2.76. The standard InChI is InChI=1S/C29H23F10NO3/c30-22-12-10-20(11-13-22)25(17-42-15-18-4-2-1-3-5-18)16-40-14-23(25)19-6-8-21(9-7-19)26(28(34,35)36,29(37,38)39)43-24(41)27(31,32)33/h1-13,23,40H,14-17H2/t23-,25-/m0/s1. The van der Waals surface area contributed by atoms with Gasteiger partial charge in [-0.2, -0.15) is 39.5 Å². The maximum Gasteiger partial charge on any atom is 0.490 e. The number of ether oxygens (including phenoxy) is 2. The fraction of sp³-hybridized carbons (Fsp3) is 0.345. The minimum atomic E-state index is -6.51. The summed E-state index contributed by atoms with van der Waals surface area (Å²) in [5, 5.41) is 3.13. The fourth-order valence-corrected chi connectivity index (χ4v) is 5.25. The van der Waals surface area contributed by atoms with Gasteiger partial charge < -0.3 is 14.8 Å². The molecule has 1 heterocycles. The zero-order chi connectivity index (χ0) is 31.7. The number of alkyl halides is 9. The Morgan fingerprint density at radius 3 is 1.93 bits per heavy atom. The lowest BCUT2D eigenvalue weighted by atomic mass is 9.70. The Morgan fingerprint density at radius 1 is 0.814 bits per heavy atom. The fourth-order valence-electron chi connectivity index (χ4n) is 5.25. The van der Waals surface area contributed by atoms with Gasteiger partial charge in [0.2, 0.25) is 0 Å². The van der Waals surface area contributed by atoms with Gasteiger partial charge in [0.25, 0.3) is 0 Å². The van der Waals surface area contributed by atoms with E-state index in [1.807, 2.05) is 12.1 Å². The average molecular weight is 623 g/mol. The SMILES string of the molecule is O=C(OC(c1ccc([C@@H]2CNC[C@]2(COCc2ccccc2)c2ccc(F)cc2)cc1)(C(F)(F)F)C(F)(F)F)C(F)(F)F. The maximum atomic E-state index is 13.9. The van der Waals surface area contributed by atoms with E-state index in [0.717, 1.165) is 17.7 Å². The first-order chi connectivity index (χ1) is 20.0. The van der Waals surface area contributed by atoms with E-state index in [1.165, 1.54) is 24.3 Å². The van der Waals surface area contributed by atoms with Gasteiger partial charge in [-0.3, -0.25) is 0 Å². The molecule has 14 heteroatoms. The molecule has 0 bridgehead atoms. The summed E-state index contributed by atoms with van der Waals surface area (Å²) in [7, 11) is 0. The van der Waals surface area contributed by atoms with Gasteiger partial charge in [-0.15, -0.1) is 0 Å². The third kappa shape index (κ3) is 6.35. The molecule has 1 aliphatic rings. The second-order valence-electron chi connectivity index (χ2n) is 10.0. The Hall–Kier alpha value is -3.65. The predicted molar refractivity (Wildman–Crippen MR) is 132 cm³/mol. The summed E-state index contributed by atoms with van der Waals surface area (Å²) in [5.74, 6) is -4.84. The van der Waals surface area contributed by atoms with Gasteiger partial charge in [-0.1, -0.05) is 66.7 Å². The van der Waals surface area contributed by atoms with Gasteiger partial charge in [0, 0.05) is 30.0 Å². The van der Waals surface area contributed by atoms with Crippen molar-refractivity contribution >= 4 is 5.97 Å². The molecule has 232 valence electrons. The van der Waals surface area contributed by atoms with Crippen LogP contribution in [-0.2, 0) is 31.9 Å². The summed E-state index contributed by atoms with van der Waals surface area (Å²) in [5.41, 5.74) is -6.73. The molecule has 4 rings (SSSR count). The highest BCUT2D eigenvalue weighted by molar-refractivity contribution is 5.76. The quantitative estimate of drug-likeness (QED) is 0.215. The van der Waals surface area contributed by atoms with Gasteiger partial charge in [-0.25, -0.2) is 9.18 Å². The molecule has 1 fully saturated rings. The molecule has 4 nitrogen and oxygen atoms in total. The third-order valence-corrected chi connectivity index (χ3v) is 7.34. The molecule has 1 aliphatic heterocycles. The van der Waals surface area contributed by atoms with Crippen molar-refractivity contribution < 1.29 is 58.2 Å². The second-order valence-corrected chi connectivity index (χ2v) is 10.0. The number of halogens is 10. The monoisotopic (exact) mass is 623 g/mol. The van der Waals surface area contributed by atoms with Gasteiger partial charge in [0.05, 0.1) is 13.2 Å². The Balaban J connectivity index is 1.74. The molecule has 0 amide bonds. The molecule has 0 aliphatic carbocycles. The highest BCUT2D eigenvalue weighted by atomic mass is 19.4. The predicted octanol–water partition coefficient (Wildman–Crippen LogP) is 7.09. The number of rotatable bonds is 8. The Kier molecular flexibility index (Phi) is 8.85. The van der Waals surface area contributed by atoms with Crippen molar-refractivity contribution in [2.24, 2.45) is 0 Å². The van der Waals surface area contributed by atoms with E-state index in [0.29, 0.717) is 17.7 Å². The number of hydrogen-bond acceptors (Lipinski definition) is 4. The van der Waals surface area contributed by atoms with Crippen LogP contribution in [0, 0.1) is 5.82 Å². The van der Waals surface area contributed by atoms with Crippen molar-refractivity contribution in [3.63, 3.8) is 0 Å². The molecule has 2 atom stereocenters. The summed E-state index contributed by atoms with van der Waals surface area (Å²) in [6.45, 7) is 0.584. The number of esters is 1. The first-order valence-corrected chi connectivity index (χ1v) is 12.6. The summed E-state index contributed by atoms with van der Waals surface area (Å²) >= 11 is 0. The largest absolute Gasteiger partial charge is 0.490 e. The highest BCUT2D eigenvalue weighted by Crippen LogP contribution is 2.54. The van der Waals surface area contributed by atoms with Crippen molar-refractivity contribution in [2.75, 3.05) is 19.7 Å². The number of nitrogens with one attached hydrogen (secondary N) is 1. The van der Waals surface area contributed by atoms with E-state index >= 15 is 0 Å². The van der Waals surface area contributed by atoms with E-state index < -0.39 is 52.8 Å². The molecule has 0 aromatic heterocycles. The molecule has 0 unspecified atom stereocenters. The van der Waals surface area contributed by atoms with E-state index in [4.69, 9.17) is 4.74 Å². The van der Waals surface area contributed by atoms with Crippen LogP contribution in [0.5, 0.6) is 0 Å². The van der Waals surface area contributed by atoms with Crippen LogP contribution < -0.4 is 5.32 Å². The zero-order valence-electron chi connectivity index (χ0n) is 21.9. The lowest BCUT2D eigenvalue weighted by molar-refractivity contribution is -0.382. The molecule has 3 aromatic rings. The summed E-state index contributed by atoms with van der Waals surface area (Å²) in [4.78, 5) is 11.3. The minimum Gasteiger partial charge on any atom is -0.428 e. The first kappa shape index (κ1) is 32.3. The van der Waals surface area contributed by atoms with Gasteiger partial charge >= 0.3 is 30.1 Å². The van der Waals surface area contributed by atoms with Crippen LogP contribution in [-0.4, -0.2) is 44.2 Å². The second kappa shape index (κ2) is 11.8. The van der Waals surface area contributed by atoms with Crippen molar-refractivity contribution in [3.05, 3.63) is 107 Å². The first-order valence-electron chi connectivity index (χ1n) is 12.6. The lowest BCUT2D eigenvalue weighted by Gasteiger charge is -2.38. The van der Waals surface area contributed by atoms with E-state index in [-0.39, 0.29) is 31.9 Å². The smallest absolute Gasteiger partial charge is 0.428 e. The van der Waals surface area contributed by atoms with Crippen molar-refractivity contribution in [2.45, 2.75) is 42.1 Å². The van der Waals surface area contributed by atoms with Crippen LogP contribution in [0.4, 0.5) is 43.9 Å². The third-order valence-electron chi connectivity index (χ3n) is 7.34. The molecular formula is C29H23F10NO3. The van der Waals surface area contributed by atoms with Gasteiger partial charge in [0.15, 0.2) is 0 Å². The normalized spacial score (nSPS) is 19.8. The Morgan fingerprint density at radius 2 is 1.40 bits per heavy atom. The van der Waals surface area contributed by atoms with Crippen LogP contribution >= 0.6 is 0 Å². The maximum absolute atomic E-state index is 13.9. The minimum absolute atomic E-state index is 0.00514. The Bertz CT molecular complexity index is 1370. The molecule has 0 saturated carbocycles. The van der Waals surface area contributed by atoms with E-state index in [2.05, 4.69) is 10.1 Å². The summed E-state index contributed by atoms with van der Waals surface area (Å²) < 4.78 is 145. The lowest BCUT2D eigenvalue weighted by Crippen LogP contribution is -2.58. The number of hydrogen-bond donors (Lipinski definition) is 1. The van der Waals surface area contributed by atoms with Crippen molar-refractivity contribution in [1.82, 2.24) is 5.32 Å². The van der Waals surface area contributed by atoms with Crippen LogP contribution in [0.3, 0.4) is 0 Å². The molecule has 3 aromatic carbocycles. The van der Waals surface area contributed by atoms with Crippen molar-refractivity contribution in [1.29, 1.82) is 0 Å². The molecule has 1 saturated heterocycles. The molecular weight excluding hydrogens is 600 g/mol. The topological polar surface area (TPSA) is 47.6 Å². The van der Waals surface area contributed by atoms with E-state index in [1.54, 1.807) is 18.2 Å². The number of carbonyl (C=O) groups is 1. The molecule has 1 N–H and O–H groups in total. The van der Waals surface area contributed by atoms with Gasteiger partial charge in [-0.05, 0) is 28.8 Å². The Labute approximate surface area is 238 Å². The number of benzene rings is 3. The average Bonchev–Trinajstić information content (AvgIpc) is 3.35.